The maximum atomic E-state index is 13.2. The number of nitrogens with zero attached hydrogens (tertiary/aromatic N) is 1. The van der Waals surface area contributed by atoms with Crippen molar-refractivity contribution in [3.63, 3.8) is 0 Å². The van der Waals surface area contributed by atoms with E-state index in [0.717, 1.165) is 6.42 Å². The first-order valence-corrected chi connectivity index (χ1v) is 11.0. The summed E-state index contributed by atoms with van der Waals surface area (Å²) in [4.78, 5) is 15.0. The molecule has 0 aromatic heterocycles. The number of rotatable bonds is 3. The van der Waals surface area contributed by atoms with E-state index in [1.54, 1.807) is 4.90 Å². The Bertz CT molecular complexity index is 711. The summed E-state index contributed by atoms with van der Waals surface area (Å²) in [5, 5.41) is 3.17. The minimum Gasteiger partial charge on any atom is -0.341 e. The van der Waals surface area contributed by atoms with E-state index in [4.69, 9.17) is 0 Å². The van der Waals surface area contributed by atoms with Gasteiger partial charge in [-0.1, -0.05) is 37.3 Å². The van der Waals surface area contributed by atoms with Gasteiger partial charge in [-0.15, -0.1) is 0 Å². The Hall–Kier alpha value is -1.40. The average Bonchev–Trinajstić information content (AvgIpc) is 2.61. The molecule has 2 heterocycles. The minimum atomic E-state index is -3.45. The van der Waals surface area contributed by atoms with Crippen LogP contribution < -0.4 is 5.32 Å². The van der Waals surface area contributed by atoms with Crippen LogP contribution in [0.1, 0.15) is 37.7 Å². The number of piperidine rings is 2. The lowest BCUT2D eigenvalue weighted by Crippen LogP contribution is -2.59. The van der Waals surface area contributed by atoms with Gasteiger partial charge in [0.25, 0.3) is 0 Å². The van der Waals surface area contributed by atoms with Crippen molar-refractivity contribution in [3.05, 3.63) is 35.9 Å². The van der Waals surface area contributed by atoms with Gasteiger partial charge in [0.15, 0.2) is 14.6 Å². The molecule has 1 aromatic carbocycles. The van der Waals surface area contributed by atoms with Crippen LogP contribution in [0.3, 0.4) is 0 Å². The number of likely N-dealkylation sites (tertiary alicyclic amines) is 1. The highest BCUT2D eigenvalue weighted by Gasteiger charge is 2.51. The summed E-state index contributed by atoms with van der Waals surface area (Å²) >= 11 is 0. The Kier molecular flexibility index (Phi) is 5.21. The molecule has 0 bridgehead atoms. The topological polar surface area (TPSA) is 66.5 Å². The van der Waals surface area contributed by atoms with Gasteiger partial charge < -0.3 is 10.2 Å². The van der Waals surface area contributed by atoms with Crippen LogP contribution in [0, 0.1) is 5.92 Å². The van der Waals surface area contributed by atoms with Crippen LogP contribution in [-0.4, -0.2) is 56.4 Å². The third-order valence-electron chi connectivity index (χ3n) is 5.93. The summed E-state index contributed by atoms with van der Waals surface area (Å²) in [6.07, 6.45) is 2.85. The standard InChI is InChI=1S/C19H28N2O3S/c1-15-14-21(13-8-17(15)16-6-4-3-5-7-16)18(22)19(25(2,23)24)9-11-20-12-10-19/h3-7,15,17,20H,8-14H2,1-2H3. The molecule has 1 amide bonds. The van der Waals surface area contributed by atoms with E-state index in [9.17, 15) is 13.2 Å². The molecule has 0 radical (unpaired) electrons. The lowest BCUT2D eigenvalue weighted by molar-refractivity contribution is -0.136. The van der Waals surface area contributed by atoms with Crippen molar-refractivity contribution in [3.8, 4) is 0 Å². The van der Waals surface area contributed by atoms with Gasteiger partial charge in [-0.05, 0) is 49.8 Å². The summed E-state index contributed by atoms with van der Waals surface area (Å²) in [5.41, 5.74) is 1.31. The molecule has 0 spiro atoms. The molecule has 25 heavy (non-hydrogen) atoms. The number of hydrogen-bond donors (Lipinski definition) is 1. The Labute approximate surface area is 150 Å². The van der Waals surface area contributed by atoms with Gasteiger partial charge in [-0.25, -0.2) is 8.42 Å². The van der Waals surface area contributed by atoms with Gasteiger partial charge in [0, 0.05) is 19.3 Å². The van der Waals surface area contributed by atoms with Gasteiger partial charge in [0.2, 0.25) is 5.91 Å². The van der Waals surface area contributed by atoms with Gasteiger partial charge >= 0.3 is 0 Å². The van der Waals surface area contributed by atoms with E-state index in [0.29, 0.717) is 50.9 Å². The van der Waals surface area contributed by atoms with Crippen LogP contribution in [0.2, 0.25) is 0 Å². The van der Waals surface area contributed by atoms with Crippen molar-refractivity contribution in [2.75, 3.05) is 32.4 Å². The van der Waals surface area contributed by atoms with Gasteiger partial charge in [-0.2, -0.15) is 0 Å². The zero-order valence-corrected chi connectivity index (χ0v) is 15.9. The lowest BCUT2D eigenvalue weighted by atomic mass is 9.81. The zero-order chi connectivity index (χ0) is 18.1. The molecule has 2 aliphatic heterocycles. The summed E-state index contributed by atoms with van der Waals surface area (Å²) in [7, 11) is -3.45. The summed E-state index contributed by atoms with van der Waals surface area (Å²) in [5.74, 6) is 0.556. The summed E-state index contributed by atoms with van der Waals surface area (Å²) < 4.78 is 23.7. The third kappa shape index (κ3) is 3.47. The monoisotopic (exact) mass is 364 g/mol. The lowest BCUT2D eigenvalue weighted by Gasteiger charge is -2.43. The first-order chi connectivity index (χ1) is 11.8. The predicted molar refractivity (Wildman–Crippen MR) is 99.2 cm³/mol. The number of sulfone groups is 1. The van der Waals surface area contributed by atoms with Gasteiger partial charge in [0.05, 0.1) is 0 Å². The molecule has 3 rings (SSSR count). The fourth-order valence-corrected chi connectivity index (χ4v) is 5.78. The number of carbonyl (C=O) groups is 1. The van der Waals surface area contributed by atoms with Crippen LogP contribution in [0.5, 0.6) is 0 Å². The third-order valence-corrected chi connectivity index (χ3v) is 7.93. The van der Waals surface area contributed by atoms with Crippen LogP contribution in [-0.2, 0) is 14.6 Å². The number of amides is 1. The second kappa shape index (κ2) is 7.08. The fraction of sp³-hybridized carbons (Fsp3) is 0.632. The highest BCUT2D eigenvalue weighted by atomic mass is 32.2. The molecule has 2 atom stereocenters. The molecule has 5 nitrogen and oxygen atoms in total. The molecule has 0 saturated carbocycles. The molecule has 138 valence electrons. The first kappa shape index (κ1) is 18.4. The van der Waals surface area contributed by atoms with E-state index in [1.807, 2.05) is 18.2 Å². The molecule has 1 N–H and O–H groups in total. The predicted octanol–water partition coefficient (Wildman–Crippen LogP) is 1.81. The molecule has 2 fully saturated rings. The number of nitrogens with one attached hydrogen (secondary N) is 1. The van der Waals surface area contributed by atoms with Crippen LogP contribution >= 0.6 is 0 Å². The van der Waals surface area contributed by atoms with Crippen molar-refractivity contribution in [2.45, 2.75) is 36.9 Å². The van der Waals surface area contributed by atoms with Crippen molar-refractivity contribution < 1.29 is 13.2 Å². The normalized spacial score (nSPS) is 27.0. The van der Waals surface area contributed by atoms with E-state index < -0.39 is 14.6 Å². The van der Waals surface area contributed by atoms with Gasteiger partial charge in [0.1, 0.15) is 0 Å². The Morgan fingerprint density at radius 2 is 1.84 bits per heavy atom. The second-order valence-corrected chi connectivity index (χ2v) is 9.88. The van der Waals surface area contributed by atoms with Crippen LogP contribution in [0.25, 0.3) is 0 Å². The maximum Gasteiger partial charge on any atom is 0.244 e. The van der Waals surface area contributed by atoms with Crippen molar-refractivity contribution in [1.29, 1.82) is 0 Å². The SMILES string of the molecule is CC1CN(C(=O)C2(S(C)(=O)=O)CCNCC2)CCC1c1ccccc1. The minimum absolute atomic E-state index is 0.185. The number of hydrogen-bond acceptors (Lipinski definition) is 4. The molecular weight excluding hydrogens is 336 g/mol. The van der Waals surface area contributed by atoms with E-state index >= 15 is 0 Å². The van der Waals surface area contributed by atoms with Crippen molar-refractivity contribution >= 4 is 15.7 Å². The molecule has 0 aliphatic carbocycles. The van der Waals surface area contributed by atoms with Crippen molar-refractivity contribution in [1.82, 2.24) is 10.2 Å². The molecule has 2 aliphatic rings. The van der Waals surface area contributed by atoms with E-state index in [-0.39, 0.29) is 5.91 Å². The quantitative estimate of drug-likeness (QED) is 0.888. The van der Waals surface area contributed by atoms with Crippen LogP contribution in [0.4, 0.5) is 0 Å². The smallest absolute Gasteiger partial charge is 0.244 e. The van der Waals surface area contributed by atoms with Gasteiger partial charge in [-0.3, -0.25) is 4.79 Å². The fourth-order valence-electron chi connectivity index (χ4n) is 4.39. The average molecular weight is 365 g/mol. The first-order valence-electron chi connectivity index (χ1n) is 9.10. The molecular formula is C19H28N2O3S. The molecule has 6 heteroatoms. The number of carbonyl (C=O) groups excluding carboxylic acids is 1. The molecule has 2 saturated heterocycles. The maximum absolute atomic E-state index is 13.2. The highest BCUT2D eigenvalue weighted by molar-refractivity contribution is 7.92. The van der Waals surface area contributed by atoms with E-state index in [1.165, 1.54) is 11.8 Å². The zero-order valence-electron chi connectivity index (χ0n) is 15.1. The highest BCUT2D eigenvalue weighted by Crippen LogP contribution is 2.36. The largest absolute Gasteiger partial charge is 0.341 e. The molecule has 2 unspecified atom stereocenters. The van der Waals surface area contributed by atoms with E-state index in [2.05, 4.69) is 24.4 Å². The molecule has 1 aromatic rings. The Morgan fingerprint density at radius 3 is 2.40 bits per heavy atom. The van der Waals surface area contributed by atoms with Crippen molar-refractivity contribution in [2.24, 2.45) is 5.92 Å². The Morgan fingerprint density at radius 1 is 1.20 bits per heavy atom. The summed E-state index contributed by atoms with van der Waals surface area (Å²) in [6.45, 7) is 4.58. The number of benzene rings is 1. The summed E-state index contributed by atoms with van der Waals surface area (Å²) in [6, 6.07) is 10.4. The van der Waals surface area contributed by atoms with Crippen LogP contribution in [0.15, 0.2) is 30.3 Å². The Balaban J connectivity index is 1.78. The second-order valence-electron chi connectivity index (χ2n) is 7.55.